The third-order valence-electron chi connectivity index (χ3n) is 2.85. The molecule has 19 heavy (non-hydrogen) atoms. The molecule has 0 aliphatic carbocycles. The molecule has 1 saturated heterocycles. The van der Waals surface area contributed by atoms with Crippen molar-refractivity contribution in [1.82, 2.24) is 9.88 Å². The Balaban J connectivity index is 1.94. The highest BCUT2D eigenvalue weighted by molar-refractivity contribution is 5.78. The lowest BCUT2D eigenvalue weighted by Crippen LogP contribution is -2.44. The van der Waals surface area contributed by atoms with E-state index in [1.165, 1.54) is 0 Å². The summed E-state index contributed by atoms with van der Waals surface area (Å²) < 4.78 is 10.6. The van der Waals surface area contributed by atoms with E-state index < -0.39 is 0 Å². The average Bonchev–Trinajstić information content (AvgIpc) is 2.46. The molecule has 1 aromatic rings. The highest BCUT2D eigenvalue weighted by Gasteiger charge is 2.11. The summed E-state index contributed by atoms with van der Waals surface area (Å²) in [5.41, 5.74) is 7.00. The van der Waals surface area contributed by atoms with Gasteiger partial charge in [-0.1, -0.05) is 0 Å². The Kier molecular flexibility index (Phi) is 4.97. The molecule has 6 heteroatoms. The van der Waals surface area contributed by atoms with Crippen LogP contribution in [0.1, 0.15) is 12.5 Å². The fourth-order valence-corrected chi connectivity index (χ4v) is 1.84. The topological polar surface area (TPSA) is 73.0 Å². The molecule has 0 saturated carbocycles. The van der Waals surface area contributed by atoms with Crippen LogP contribution >= 0.6 is 0 Å². The van der Waals surface area contributed by atoms with Crippen LogP contribution in [0.2, 0.25) is 0 Å². The van der Waals surface area contributed by atoms with Crippen molar-refractivity contribution in [2.45, 2.75) is 13.5 Å². The number of guanidine groups is 1. The molecule has 6 nitrogen and oxygen atoms in total. The van der Waals surface area contributed by atoms with E-state index in [2.05, 4.69) is 9.98 Å². The fourth-order valence-electron chi connectivity index (χ4n) is 1.84. The van der Waals surface area contributed by atoms with Crippen LogP contribution in [0.15, 0.2) is 23.3 Å². The first-order valence-corrected chi connectivity index (χ1v) is 6.50. The second kappa shape index (κ2) is 6.94. The van der Waals surface area contributed by atoms with Gasteiger partial charge < -0.3 is 20.1 Å². The van der Waals surface area contributed by atoms with Crippen molar-refractivity contribution in [3.8, 4) is 5.88 Å². The predicted molar refractivity (Wildman–Crippen MR) is 73.1 cm³/mol. The number of aromatic nitrogens is 1. The summed E-state index contributed by atoms with van der Waals surface area (Å²) in [6, 6.07) is 3.80. The molecule has 104 valence electrons. The van der Waals surface area contributed by atoms with Gasteiger partial charge in [-0.2, -0.15) is 0 Å². The Labute approximate surface area is 113 Å². The molecule has 0 unspecified atom stereocenters. The number of hydrogen-bond donors (Lipinski definition) is 1. The summed E-state index contributed by atoms with van der Waals surface area (Å²) in [5.74, 6) is 1.19. The molecular weight excluding hydrogens is 244 g/mol. The van der Waals surface area contributed by atoms with Gasteiger partial charge in [-0.05, 0) is 18.6 Å². The third kappa shape index (κ3) is 4.10. The fraction of sp³-hybridized carbons (Fsp3) is 0.538. The van der Waals surface area contributed by atoms with E-state index in [0.717, 1.165) is 18.7 Å². The largest absolute Gasteiger partial charge is 0.478 e. The number of pyridine rings is 1. The zero-order chi connectivity index (χ0) is 13.5. The lowest BCUT2D eigenvalue weighted by atomic mass is 10.3. The molecule has 0 atom stereocenters. The van der Waals surface area contributed by atoms with Gasteiger partial charge in [0.25, 0.3) is 0 Å². The van der Waals surface area contributed by atoms with Crippen molar-refractivity contribution in [3.05, 3.63) is 23.9 Å². The Morgan fingerprint density at radius 1 is 1.53 bits per heavy atom. The molecule has 1 aliphatic rings. The molecule has 0 radical (unpaired) electrons. The minimum atomic E-state index is 0.534. The number of aliphatic imine (C=N–C) groups is 1. The van der Waals surface area contributed by atoms with Gasteiger partial charge in [0.2, 0.25) is 5.88 Å². The lowest BCUT2D eigenvalue weighted by Gasteiger charge is -2.27. The van der Waals surface area contributed by atoms with Crippen molar-refractivity contribution < 1.29 is 9.47 Å². The highest BCUT2D eigenvalue weighted by Crippen LogP contribution is 2.10. The SMILES string of the molecule is CCOc1cc(CN=C(N)N2CCOCC2)ccn1. The number of nitrogens with two attached hydrogens (primary N) is 1. The summed E-state index contributed by atoms with van der Waals surface area (Å²) >= 11 is 0. The van der Waals surface area contributed by atoms with Crippen molar-refractivity contribution in [2.75, 3.05) is 32.9 Å². The number of morpholine rings is 1. The van der Waals surface area contributed by atoms with Crippen LogP contribution in [0, 0.1) is 0 Å². The van der Waals surface area contributed by atoms with Gasteiger partial charge in [0.1, 0.15) is 0 Å². The summed E-state index contributed by atoms with van der Waals surface area (Å²) in [6.45, 7) is 6.09. The van der Waals surface area contributed by atoms with Crippen LogP contribution in [-0.2, 0) is 11.3 Å². The number of hydrogen-bond acceptors (Lipinski definition) is 4. The highest BCUT2D eigenvalue weighted by atomic mass is 16.5. The van der Waals surface area contributed by atoms with Crippen LogP contribution < -0.4 is 10.5 Å². The molecule has 0 spiro atoms. The van der Waals surface area contributed by atoms with E-state index in [1.54, 1.807) is 6.20 Å². The molecule has 2 heterocycles. The molecular formula is C13H20N4O2. The van der Waals surface area contributed by atoms with Gasteiger partial charge in [-0.3, -0.25) is 0 Å². The first-order chi connectivity index (χ1) is 9.29. The van der Waals surface area contributed by atoms with Crippen molar-refractivity contribution in [1.29, 1.82) is 0 Å². The molecule has 0 aromatic carbocycles. The van der Waals surface area contributed by atoms with Crippen molar-refractivity contribution in [3.63, 3.8) is 0 Å². The number of ether oxygens (including phenoxy) is 2. The maximum Gasteiger partial charge on any atom is 0.213 e. The summed E-state index contributed by atoms with van der Waals surface area (Å²) in [4.78, 5) is 10.6. The van der Waals surface area contributed by atoms with Crippen LogP contribution in [0.4, 0.5) is 0 Å². The summed E-state index contributed by atoms with van der Waals surface area (Å²) in [5, 5.41) is 0. The Hall–Kier alpha value is -1.82. The first kappa shape index (κ1) is 13.6. The second-order valence-electron chi connectivity index (χ2n) is 4.21. The quantitative estimate of drug-likeness (QED) is 0.638. The van der Waals surface area contributed by atoms with Crippen molar-refractivity contribution >= 4 is 5.96 Å². The van der Waals surface area contributed by atoms with E-state index in [4.69, 9.17) is 15.2 Å². The molecule has 2 rings (SSSR count). The number of nitrogens with zero attached hydrogens (tertiary/aromatic N) is 3. The van der Waals surface area contributed by atoms with E-state index in [-0.39, 0.29) is 0 Å². The normalized spacial score (nSPS) is 16.5. The second-order valence-corrected chi connectivity index (χ2v) is 4.21. The Morgan fingerprint density at radius 3 is 3.05 bits per heavy atom. The van der Waals surface area contributed by atoms with Gasteiger partial charge >= 0.3 is 0 Å². The Bertz CT molecular complexity index is 430. The predicted octanol–water partition coefficient (Wildman–Crippen LogP) is 0.627. The maximum absolute atomic E-state index is 5.97. The minimum Gasteiger partial charge on any atom is -0.478 e. The van der Waals surface area contributed by atoms with Crippen LogP contribution in [0.25, 0.3) is 0 Å². The number of rotatable bonds is 4. The summed E-state index contributed by atoms with van der Waals surface area (Å²) in [6.07, 6.45) is 1.72. The zero-order valence-corrected chi connectivity index (χ0v) is 11.2. The molecule has 0 bridgehead atoms. The van der Waals surface area contributed by atoms with Crippen molar-refractivity contribution in [2.24, 2.45) is 10.7 Å². The first-order valence-electron chi connectivity index (χ1n) is 6.50. The molecule has 1 aromatic heterocycles. The van der Waals surface area contributed by atoms with Gasteiger partial charge in [-0.15, -0.1) is 0 Å². The molecule has 1 fully saturated rings. The maximum atomic E-state index is 5.97. The molecule has 2 N–H and O–H groups in total. The van der Waals surface area contributed by atoms with Gasteiger partial charge in [-0.25, -0.2) is 9.98 Å². The van der Waals surface area contributed by atoms with E-state index >= 15 is 0 Å². The zero-order valence-electron chi connectivity index (χ0n) is 11.2. The molecule has 1 aliphatic heterocycles. The van der Waals surface area contributed by atoms with Crippen LogP contribution in [0.3, 0.4) is 0 Å². The van der Waals surface area contributed by atoms with E-state index in [9.17, 15) is 0 Å². The Morgan fingerprint density at radius 2 is 2.32 bits per heavy atom. The minimum absolute atomic E-state index is 0.534. The van der Waals surface area contributed by atoms with E-state index in [0.29, 0.717) is 38.2 Å². The standard InChI is InChI=1S/C13H20N4O2/c1-2-19-12-9-11(3-4-15-12)10-16-13(14)17-5-7-18-8-6-17/h3-4,9H,2,5-8,10H2,1H3,(H2,14,16). The van der Waals surface area contributed by atoms with E-state index in [1.807, 2.05) is 24.0 Å². The lowest BCUT2D eigenvalue weighted by molar-refractivity contribution is 0.0674. The monoisotopic (exact) mass is 264 g/mol. The molecule has 0 amide bonds. The third-order valence-corrected chi connectivity index (χ3v) is 2.85. The van der Waals surface area contributed by atoms with Gasteiger partial charge in [0, 0.05) is 25.4 Å². The average molecular weight is 264 g/mol. The van der Waals surface area contributed by atoms with Crippen LogP contribution in [-0.4, -0.2) is 48.8 Å². The smallest absolute Gasteiger partial charge is 0.213 e. The van der Waals surface area contributed by atoms with Gasteiger partial charge in [0.05, 0.1) is 26.4 Å². The van der Waals surface area contributed by atoms with Gasteiger partial charge in [0.15, 0.2) is 5.96 Å². The summed E-state index contributed by atoms with van der Waals surface area (Å²) in [7, 11) is 0. The van der Waals surface area contributed by atoms with Crippen LogP contribution in [0.5, 0.6) is 5.88 Å².